The molecule has 9 rings (SSSR count). The summed E-state index contributed by atoms with van der Waals surface area (Å²) in [5.41, 5.74) is 11.8. The predicted molar refractivity (Wildman–Crippen MR) is 159 cm³/mol. The van der Waals surface area contributed by atoms with Gasteiger partial charge in [-0.05, 0) is 58.7 Å². The Balaban J connectivity index is 1.50. The minimum absolute atomic E-state index is 0.836. The minimum atomic E-state index is 0.836. The zero-order valence-electron chi connectivity index (χ0n) is 20.8. The summed E-state index contributed by atoms with van der Waals surface area (Å²) in [6, 6.07) is 40.3. The van der Waals surface area contributed by atoms with E-state index >= 15 is 0 Å². The summed E-state index contributed by atoms with van der Waals surface area (Å²) >= 11 is 0. The molecule has 8 aromatic rings. The van der Waals surface area contributed by atoms with E-state index in [1.54, 1.807) is 0 Å². The second-order valence-corrected chi connectivity index (χ2v) is 10.0. The normalized spacial score (nSPS) is 12.1. The van der Waals surface area contributed by atoms with Gasteiger partial charge < -0.3 is 0 Å². The highest BCUT2D eigenvalue weighted by Gasteiger charge is 2.26. The van der Waals surface area contributed by atoms with Gasteiger partial charge in [0.2, 0.25) is 0 Å². The van der Waals surface area contributed by atoms with E-state index in [9.17, 15) is 0 Å². The highest BCUT2D eigenvalue weighted by molar-refractivity contribution is 6.26. The lowest BCUT2D eigenvalue weighted by Crippen LogP contribution is -2.03. The summed E-state index contributed by atoms with van der Waals surface area (Å²) in [7, 11) is 0. The summed E-state index contributed by atoms with van der Waals surface area (Å²) in [6.45, 7) is 0. The lowest BCUT2D eigenvalue weighted by molar-refractivity contribution is 1.08. The molecule has 0 bridgehead atoms. The van der Waals surface area contributed by atoms with Crippen LogP contribution >= 0.6 is 0 Å². The number of nitrogens with zero attached hydrogens (tertiary/aromatic N) is 4. The highest BCUT2D eigenvalue weighted by atomic mass is 15.1. The van der Waals surface area contributed by atoms with E-state index in [-0.39, 0.29) is 0 Å². The monoisotopic (exact) mass is 496 g/mol. The fourth-order valence-electron chi connectivity index (χ4n) is 6.38. The molecule has 4 nitrogen and oxygen atoms in total. The first-order chi connectivity index (χ1) is 19.4. The van der Waals surface area contributed by atoms with Gasteiger partial charge in [0, 0.05) is 27.9 Å². The van der Waals surface area contributed by atoms with Crippen molar-refractivity contribution >= 4 is 43.7 Å². The third-order valence-electron chi connectivity index (χ3n) is 7.97. The number of pyridine rings is 1. The fourth-order valence-corrected chi connectivity index (χ4v) is 6.38. The van der Waals surface area contributed by atoms with Crippen molar-refractivity contribution in [1.82, 2.24) is 19.5 Å². The number of aromatic nitrogens is 4. The Morgan fingerprint density at radius 3 is 1.72 bits per heavy atom. The molecule has 0 N–H and O–H groups in total. The molecule has 180 valence electrons. The van der Waals surface area contributed by atoms with Crippen LogP contribution in [0.25, 0.3) is 83.1 Å². The maximum atomic E-state index is 5.27. The maximum absolute atomic E-state index is 5.27. The van der Waals surface area contributed by atoms with E-state index in [2.05, 4.69) is 89.5 Å². The maximum Gasteiger partial charge on any atom is 0.165 e. The molecule has 39 heavy (non-hydrogen) atoms. The molecule has 0 amide bonds. The molecule has 4 heteroatoms. The van der Waals surface area contributed by atoms with E-state index in [4.69, 9.17) is 15.0 Å². The molecule has 3 aromatic heterocycles. The smallest absolute Gasteiger partial charge is 0.165 e. The minimum Gasteiger partial charge on any atom is -0.292 e. The topological polar surface area (TPSA) is 43.6 Å². The van der Waals surface area contributed by atoms with E-state index in [0.29, 0.717) is 0 Å². The molecule has 0 radical (unpaired) electrons. The first-order valence-corrected chi connectivity index (χ1v) is 13.1. The summed E-state index contributed by atoms with van der Waals surface area (Å²) < 4.78 is 2.31. The van der Waals surface area contributed by atoms with Crippen LogP contribution in [0.3, 0.4) is 0 Å². The van der Waals surface area contributed by atoms with Gasteiger partial charge in [0.1, 0.15) is 5.69 Å². The van der Waals surface area contributed by atoms with Crippen molar-refractivity contribution in [1.29, 1.82) is 0 Å². The van der Waals surface area contributed by atoms with Gasteiger partial charge in [-0.2, -0.15) is 0 Å². The zero-order valence-corrected chi connectivity index (χ0v) is 20.8. The van der Waals surface area contributed by atoms with Gasteiger partial charge in [-0.15, -0.1) is 0 Å². The van der Waals surface area contributed by atoms with Crippen molar-refractivity contribution < 1.29 is 0 Å². The van der Waals surface area contributed by atoms with Crippen molar-refractivity contribution in [3.63, 3.8) is 0 Å². The van der Waals surface area contributed by atoms with Crippen LogP contribution in [0.1, 0.15) is 0 Å². The highest BCUT2D eigenvalue weighted by Crippen LogP contribution is 2.49. The molecule has 5 aromatic carbocycles. The Morgan fingerprint density at radius 1 is 0.436 bits per heavy atom. The summed E-state index contributed by atoms with van der Waals surface area (Å²) in [6.07, 6.45) is 1.92. The summed E-state index contributed by atoms with van der Waals surface area (Å²) in [5.74, 6) is 0.836. The predicted octanol–water partition coefficient (Wildman–Crippen LogP) is 8.59. The van der Waals surface area contributed by atoms with Gasteiger partial charge in [0.15, 0.2) is 5.82 Å². The summed E-state index contributed by atoms with van der Waals surface area (Å²) in [4.78, 5) is 15.2. The summed E-state index contributed by atoms with van der Waals surface area (Å²) in [5, 5.41) is 3.68. The average Bonchev–Trinajstić information content (AvgIpc) is 3.28. The molecule has 0 aliphatic heterocycles. The third kappa shape index (κ3) is 2.75. The number of fused-ring (bicyclic) bond motifs is 3. The lowest BCUT2D eigenvalue weighted by Gasteiger charge is -2.15. The average molecular weight is 497 g/mol. The Hall–Kier alpha value is -5.35. The second kappa shape index (κ2) is 7.59. The van der Waals surface area contributed by atoms with E-state index < -0.39 is 0 Å². The van der Waals surface area contributed by atoms with Gasteiger partial charge in [0.05, 0.1) is 27.6 Å². The SMILES string of the molecule is c1ccc(-c2nc3ccccc3nc2-n2c3cccc4c3c3c(cccc32)-c2ccnc3cccc-4c23)cc1. The van der Waals surface area contributed by atoms with E-state index in [1.165, 1.54) is 38.4 Å². The van der Waals surface area contributed by atoms with Crippen LogP contribution in [0.15, 0.2) is 121 Å². The van der Waals surface area contributed by atoms with Crippen molar-refractivity contribution in [3.05, 3.63) is 121 Å². The standard InChI is InChI=1S/C35H20N4/c1-2-9-21(10-3-1)34-35(38-27-15-5-4-14-26(27)37-34)39-29-17-7-12-23-22-11-6-16-28-31(22)25(19-20-36-28)24-13-8-18-30(39)33(24)32(23)29/h1-20H. The van der Waals surface area contributed by atoms with Crippen LogP contribution in [0.2, 0.25) is 0 Å². The number of benzene rings is 5. The molecule has 1 aliphatic rings. The molecule has 1 aliphatic carbocycles. The number of hydrogen-bond donors (Lipinski definition) is 0. The van der Waals surface area contributed by atoms with Crippen molar-refractivity contribution in [3.8, 4) is 39.3 Å². The first-order valence-electron chi connectivity index (χ1n) is 13.1. The molecule has 0 unspecified atom stereocenters. The molecule has 0 fully saturated rings. The van der Waals surface area contributed by atoms with Gasteiger partial charge in [-0.25, -0.2) is 9.97 Å². The first kappa shape index (κ1) is 20.7. The van der Waals surface area contributed by atoms with Crippen LogP contribution in [0.5, 0.6) is 0 Å². The van der Waals surface area contributed by atoms with E-state index in [0.717, 1.165) is 44.7 Å². The Bertz CT molecular complexity index is 2180. The molecule has 0 saturated carbocycles. The van der Waals surface area contributed by atoms with Crippen LogP contribution in [0.4, 0.5) is 0 Å². The van der Waals surface area contributed by atoms with Crippen molar-refractivity contribution in [2.75, 3.05) is 0 Å². The lowest BCUT2D eigenvalue weighted by atomic mass is 9.96. The third-order valence-corrected chi connectivity index (χ3v) is 7.97. The Kier molecular flexibility index (Phi) is 4.02. The molecule has 0 saturated heterocycles. The zero-order chi connectivity index (χ0) is 25.5. The van der Waals surface area contributed by atoms with Gasteiger partial charge in [0.25, 0.3) is 0 Å². The molecule has 0 spiro atoms. The van der Waals surface area contributed by atoms with Gasteiger partial charge in [-0.1, -0.05) is 78.9 Å². The number of rotatable bonds is 2. The van der Waals surface area contributed by atoms with Crippen LogP contribution in [-0.2, 0) is 0 Å². The molecule has 3 heterocycles. The molecular weight excluding hydrogens is 476 g/mol. The quantitative estimate of drug-likeness (QED) is 0.241. The van der Waals surface area contributed by atoms with Crippen molar-refractivity contribution in [2.24, 2.45) is 0 Å². The second-order valence-electron chi connectivity index (χ2n) is 10.0. The number of hydrogen-bond acceptors (Lipinski definition) is 3. The van der Waals surface area contributed by atoms with Crippen LogP contribution in [0, 0.1) is 0 Å². The van der Waals surface area contributed by atoms with E-state index in [1.807, 2.05) is 36.5 Å². The molecular formula is C35H20N4. The van der Waals surface area contributed by atoms with Crippen LogP contribution < -0.4 is 0 Å². The Labute approximate surface area is 223 Å². The van der Waals surface area contributed by atoms with Gasteiger partial charge in [-0.3, -0.25) is 9.55 Å². The molecule has 0 atom stereocenters. The fraction of sp³-hybridized carbons (Fsp3) is 0. The Morgan fingerprint density at radius 2 is 1.00 bits per heavy atom. The largest absolute Gasteiger partial charge is 0.292 e. The van der Waals surface area contributed by atoms with Crippen molar-refractivity contribution in [2.45, 2.75) is 0 Å². The number of para-hydroxylation sites is 2. The van der Waals surface area contributed by atoms with Gasteiger partial charge >= 0.3 is 0 Å². The van der Waals surface area contributed by atoms with Crippen LogP contribution in [-0.4, -0.2) is 19.5 Å².